The van der Waals surface area contributed by atoms with Crippen LogP contribution in [0.15, 0.2) is 22.7 Å². The molecule has 0 amide bonds. The molecule has 2 N–H and O–H groups in total. The smallest absolute Gasteiger partial charge is 0.308 e. The number of hydrogen-bond donors (Lipinski definition) is 2. The highest BCUT2D eigenvalue weighted by molar-refractivity contribution is 9.10. The fourth-order valence-corrected chi connectivity index (χ4v) is 1.66. The highest BCUT2D eigenvalue weighted by Gasteiger charge is 2.19. The first kappa shape index (κ1) is 13.0. The van der Waals surface area contributed by atoms with Crippen LogP contribution in [0.1, 0.15) is 13.8 Å². The predicted octanol–water partition coefficient (Wildman–Crippen LogP) is 3.11. The molecule has 1 aromatic carbocycles. The normalized spacial score (nSPS) is 14.2. The zero-order valence-corrected chi connectivity index (χ0v) is 10.6. The Bertz CT molecular complexity index is 398. The summed E-state index contributed by atoms with van der Waals surface area (Å²) in [6.07, 6.45) is 0. The summed E-state index contributed by atoms with van der Waals surface area (Å²) in [6, 6.07) is 4.00. The van der Waals surface area contributed by atoms with Crippen LogP contribution in [0.25, 0.3) is 0 Å². The minimum absolute atomic E-state index is 0.237. The Balaban J connectivity index is 2.77. The van der Waals surface area contributed by atoms with Crippen molar-refractivity contribution in [1.29, 1.82) is 0 Å². The molecule has 0 aromatic heterocycles. The lowest BCUT2D eigenvalue weighted by molar-refractivity contribution is -0.141. The molecular formula is C11H13BrFNO2. The van der Waals surface area contributed by atoms with Crippen LogP contribution in [0.3, 0.4) is 0 Å². The van der Waals surface area contributed by atoms with Crippen molar-refractivity contribution in [3.05, 3.63) is 28.5 Å². The first-order valence-corrected chi connectivity index (χ1v) is 5.65. The number of rotatable bonds is 4. The second-order valence-electron chi connectivity index (χ2n) is 3.68. The minimum atomic E-state index is -0.863. The molecule has 1 rings (SSSR count). The lowest BCUT2D eigenvalue weighted by Crippen LogP contribution is -2.29. The summed E-state index contributed by atoms with van der Waals surface area (Å²) in [7, 11) is 0. The third-order valence-corrected chi connectivity index (χ3v) is 3.11. The highest BCUT2D eigenvalue weighted by atomic mass is 79.9. The third-order valence-electron chi connectivity index (χ3n) is 2.45. The molecule has 5 heteroatoms. The van der Waals surface area contributed by atoms with Crippen LogP contribution in [-0.4, -0.2) is 17.1 Å². The Hall–Kier alpha value is -1.10. The Labute approximate surface area is 102 Å². The van der Waals surface area contributed by atoms with E-state index in [0.29, 0.717) is 10.2 Å². The molecule has 0 saturated carbocycles. The summed E-state index contributed by atoms with van der Waals surface area (Å²) in [4.78, 5) is 10.8. The Morgan fingerprint density at radius 1 is 1.50 bits per heavy atom. The largest absolute Gasteiger partial charge is 0.481 e. The van der Waals surface area contributed by atoms with Crippen molar-refractivity contribution in [2.45, 2.75) is 19.9 Å². The van der Waals surface area contributed by atoms with E-state index in [4.69, 9.17) is 5.11 Å². The van der Waals surface area contributed by atoms with Gasteiger partial charge in [0.05, 0.1) is 5.92 Å². The van der Waals surface area contributed by atoms with Gasteiger partial charge in [0.25, 0.3) is 0 Å². The van der Waals surface area contributed by atoms with Gasteiger partial charge in [0.15, 0.2) is 0 Å². The third kappa shape index (κ3) is 3.20. The van der Waals surface area contributed by atoms with Crippen molar-refractivity contribution >= 4 is 27.6 Å². The molecule has 1 aromatic rings. The molecule has 16 heavy (non-hydrogen) atoms. The number of halogens is 2. The number of carboxylic acids is 1. The molecule has 0 aliphatic heterocycles. The van der Waals surface area contributed by atoms with Gasteiger partial charge in [-0.25, -0.2) is 4.39 Å². The number of aliphatic carboxylic acids is 1. The van der Waals surface area contributed by atoms with Gasteiger partial charge >= 0.3 is 5.97 Å². The Kier molecular flexibility index (Phi) is 4.29. The van der Waals surface area contributed by atoms with Crippen LogP contribution in [0.4, 0.5) is 10.1 Å². The molecule has 0 bridgehead atoms. The Morgan fingerprint density at radius 2 is 2.12 bits per heavy atom. The standard InChI is InChI=1S/C11H13BrFNO2/c1-6(11(15)16)7(2)14-10-4-3-8(13)5-9(10)12/h3-7,14H,1-2H3,(H,15,16). The van der Waals surface area contributed by atoms with E-state index in [2.05, 4.69) is 21.2 Å². The molecule has 0 aliphatic rings. The molecule has 0 saturated heterocycles. The van der Waals surface area contributed by atoms with Crippen molar-refractivity contribution in [3.8, 4) is 0 Å². The average Bonchev–Trinajstić information content (AvgIpc) is 2.20. The van der Waals surface area contributed by atoms with E-state index in [1.165, 1.54) is 12.1 Å². The predicted molar refractivity (Wildman–Crippen MR) is 64.0 cm³/mol. The van der Waals surface area contributed by atoms with E-state index >= 15 is 0 Å². The van der Waals surface area contributed by atoms with Crippen molar-refractivity contribution < 1.29 is 14.3 Å². The van der Waals surface area contributed by atoms with Gasteiger partial charge in [0.2, 0.25) is 0 Å². The number of hydrogen-bond acceptors (Lipinski definition) is 2. The van der Waals surface area contributed by atoms with Gasteiger partial charge < -0.3 is 10.4 Å². The summed E-state index contributed by atoms with van der Waals surface area (Å²) in [5.41, 5.74) is 0.682. The summed E-state index contributed by atoms with van der Waals surface area (Å²) in [6.45, 7) is 3.39. The molecule has 0 radical (unpaired) electrons. The van der Waals surface area contributed by atoms with Gasteiger partial charge in [-0.3, -0.25) is 4.79 Å². The average molecular weight is 290 g/mol. The van der Waals surface area contributed by atoms with Crippen molar-refractivity contribution in [2.75, 3.05) is 5.32 Å². The minimum Gasteiger partial charge on any atom is -0.481 e. The van der Waals surface area contributed by atoms with Gasteiger partial charge in [0, 0.05) is 16.2 Å². The van der Waals surface area contributed by atoms with Crippen molar-refractivity contribution in [2.24, 2.45) is 5.92 Å². The summed E-state index contributed by atoms with van der Waals surface area (Å²) in [5.74, 6) is -1.72. The van der Waals surface area contributed by atoms with Crippen LogP contribution in [-0.2, 0) is 4.79 Å². The van der Waals surface area contributed by atoms with Gasteiger partial charge in [-0.05, 0) is 48.0 Å². The highest BCUT2D eigenvalue weighted by Crippen LogP contribution is 2.24. The first-order chi connectivity index (χ1) is 7.41. The summed E-state index contributed by atoms with van der Waals surface area (Å²) < 4.78 is 13.4. The van der Waals surface area contributed by atoms with Gasteiger partial charge in [0.1, 0.15) is 5.82 Å². The quantitative estimate of drug-likeness (QED) is 0.895. The van der Waals surface area contributed by atoms with Crippen LogP contribution < -0.4 is 5.32 Å². The SMILES string of the molecule is CC(Nc1ccc(F)cc1Br)C(C)C(=O)O. The number of carboxylic acid groups (broad SMARTS) is 1. The first-order valence-electron chi connectivity index (χ1n) is 4.86. The second-order valence-corrected chi connectivity index (χ2v) is 4.54. The van der Waals surface area contributed by atoms with Gasteiger partial charge in [-0.15, -0.1) is 0 Å². The van der Waals surface area contributed by atoms with Crippen LogP contribution in [0.2, 0.25) is 0 Å². The lowest BCUT2D eigenvalue weighted by Gasteiger charge is -2.19. The molecule has 0 heterocycles. The maximum Gasteiger partial charge on any atom is 0.308 e. The molecule has 0 aliphatic carbocycles. The summed E-state index contributed by atoms with van der Waals surface area (Å²) in [5, 5.41) is 11.9. The molecule has 0 spiro atoms. The molecule has 2 unspecified atom stereocenters. The van der Waals surface area contributed by atoms with Crippen LogP contribution in [0, 0.1) is 11.7 Å². The number of anilines is 1. The lowest BCUT2D eigenvalue weighted by atomic mass is 10.0. The molecule has 2 atom stereocenters. The molecule has 0 fully saturated rings. The zero-order chi connectivity index (χ0) is 12.3. The van der Waals surface area contributed by atoms with E-state index in [9.17, 15) is 9.18 Å². The van der Waals surface area contributed by atoms with E-state index in [1.807, 2.05) is 0 Å². The van der Waals surface area contributed by atoms with E-state index < -0.39 is 11.9 Å². The monoisotopic (exact) mass is 289 g/mol. The fraction of sp³-hybridized carbons (Fsp3) is 0.364. The topological polar surface area (TPSA) is 49.3 Å². The molecule has 3 nitrogen and oxygen atoms in total. The van der Waals surface area contributed by atoms with Crippen LogP contribution in [0.5, 0.6) is 0 Å². The molecule has 88 valence electrons. The summed E-state index contributed by atoms with van der Waals surface area (Å²) >= 11 is 3.21. The number of carbonyl (C=O) groups is 1. The van der Waals surface area contributed by atoms with Crippen molar-refractivity contribution in [3.63, 3.8) is 0 Å². The number of nitrogens with one attached hydrogen (secondary N) is 1. The van der Waals surface area contributed by atoms with Crippen molar-refractivity contribution in [1.82, 2.24) is 0 Å². The number of benzene rings is 1. The van der Waals surface area contributed by atoms with E-state index in [1.54, 1.807) is 19.9 Å². The van der Waals surface area contributed by atoms with Gasteiger partial charge in [-0.1, -0.05) is 0 Å². The van der Waals surface area contributed by atoms with Crippen LogP contribution >= 0.6 is 15.9 Å². The Morgan fingerprint density at radius 3 is 2.62 bits per heavy atom. The fourth-order valence-electron chi connectivity index (χ4n) is 1.19. The van der Waals surface area contributed by atoms with E-state index in [0.717, 1.165) is 0 Å². The molecular weight excluding hydrogens is 277 g/mol. The maximum atomic E-state index is 12.8. The maximum absolute atomic E-state index is 12.8. The second kappa shape index (κ2) is 5.30. The zero-order valence-electron chi connectivity index (χ0n) is 9.00. The van der Waals surface area contributed by atoms with Gasteiger partial charge in [-0.2, -0.15) is 0 Å². The van der Waals surface area contributed by atoms with E-state index in [-0.39, 0.29) is 11.9 Å².